The van der Waals surface area contributed by atoms with Gasteiger partial charge in [0, 0.05) is 27.4 Å². The number of pyridine rings is 1. The molecule has 0 bridgehead atoms. The number of hydrogen-bond donors (Lipinski definition) is 2. The third kappa shape index (κ3) is 4.20. The molecule has 150 valence electrons. The van der Waals surface area contributed by atoms with E-state index in [0.717, 1.165) is 22.3 Å². The molecule has 4 rings (SSSR count). The van der Waals surface area contributed by atoms with Gasteiger partial charge in [-0.15, -0.1) is 0 Å². The number of anilines is 1. The van der Waals surface area contributed by atoms with Gasteiger partial charge in [-0.3, -0.25) is 0 Å². The Balaban J connectivity index is 1.68. The first-order chi connectivity index (χ1) is 14.5. The highest BCUT2D eigenvalue weighted by atomic mass is 35.5. The predicted molar refractivity (Wildman–Crippen MR) is 122 cm³/mol. The summed E-state index contributed by atoms with van der Waals surface area (Å²) in [5.41, 5.74) is 10.5. The number of rotatable bonds is 5. The minimum absolute atomic E-state index is 0.174. The van der Waals surface area contributed by atoms with Gasteiger partial charge in [0.2, 0.25) is 0 Å². The van der Waals surface area contributed by atoms with Crippen molar-refractivity contribution in [3.8, 4) is 33.8 Å². The second kappa shape index (κ2) is 8.66. The van der Waals surface area contributed by atoms with E-state index in [-0.39, 0.29) is 18.2 Å². The van der Waals surface area contributed by atoms with Gasteiger partial charge in [0.25, 0.3) is 0 Å². The smallest absolute Gasteiger partial charge is 0.166 e. The van der Waals surface area contributed by atoms with Crippen LogP contribution < -0.4 is 10.5 Å². The molecule has 3 aromatic carbocycles. The number of phenolic OH excluding ortho intramolecular Hbond substituents is 1. The zero-order valence-corrected chi connectivity index (χ0v) is 17.4. The van der Waals surface area contributed by atoms with Gasteiger partial charge in [0.05, 0.1) is 0 Å². The van der Waals surface area contributed by atoms with Crippen molar-refractivity contribution in [2.45, 2.75) is 6.61 Å². The molecule has 0 saturated carbocycles. The average Bonchev–Trinajstić information content (AvgIpc) is 2.75. The molecule has 0 atom stereocenters. The molecule has 0 fully saturated rings. The second-order valence-electron chi connectivity index (χ2n) is 6.69. The minimum atomic E-state index is 0.174. The van der Waals surface area contributed by atoms with Crippen LogP contribution in [0.2, 0.25) is 10.0 Å². The summed E-state index contributed by atoms with van der Waals surface area (Å²) in [4.78, 5) is 4.31. The Bertz CT molecular complexity index is 1170. The highest BCUT2D eigenvalue weighted by Crippen LogP contribution is 2.35. The van der Waals surface area contributed by atoms with E-state index < -0.39 is 0 Å². The maximum Gasteiger partial charge on any atom is 0.166 e. The lowest BCUT2D eigenvalue weighted by Crippen LogP contribution is -2.02. The lowest BCUT2D eigenvalue weighted by molar-refractivity contribution is 0.307. The number of hydrogen-bond acceptors (Lipinski definition) is 4. The van der Waals surface area contributed by atoms with Gasteiger partial charge < -0.3 is 15.6 Å². The summed E-state index contributed by atoms with van der Waals surface area (Å²) < 4.78 is 5.92. The molecule has 0 amide bonds. The number of aromatic hydroxyl groups is 1. The number of nitrogen functional groups attached to an aromatic ring is 1. The zero-order chi connectivity index (χ0) is 21.1. The number of phenols is 1. The van der Waals surface area contributed by atoms with Crippen molar-refractivity contribution in [2.24, 2.45) is 0 Å². The van der Waals surface area contributed by atoms with Gasteiger partial charge in [-0.2, -0.15) is 0 Å². The Hall–Kier alpha value is -3.21. The van der Waals surface area contributed by atoms with Crippen molar-refractivity contribution in [1.29, 1.82) is 0 Å². The summed E-state index contributed by atoms with van der Waals surface area (Å²) in [6.07, 6.45) is 1.71. The van der Waals surface area contributed by atoms with Gasteiger partial charge in [-0.05, 0) is 47.0 Å². The van der Waals surface area contributed by atoms with Gasteiger partial charge in [-0.25, -0.2) is 4.98 Å². The second-order valence-corrected chi connectivity index (χ2v) is 7.50. The Morgan fingerprint density at radius 2 is 1.47 bits per heavy atom. The van der Waals surface area contributed by atoms with Crippen molar-refractivity contribution in [3.63, 3.8) is 0 Å². The SMILES string of the molecule is Nc1ncc(-c2ccccc2-c2ccc(O)cc2)cc1OCc1c(Cl)cccc1Cl. The molecule has 1 heterocycles. The predicted octanol–water partition coefficient (Wildman–Crippen LogP) is 6.59. The van der Waals surface area contributed by atoms with Crippen LogP contribution in [0.3, 0.4) is 0 Å². The first kappa shape index (κ1) is 20.1. The summed E-state index contributed by atoms with van der Waals surface area (Å²) in [6, 6.07) is 22.2. The third-order valence-electron chi connectivity index (χ3n) is 4.73. The molecule has 0 unspecified atom stereocenters. The van der Waals surface area contributed by atoms with E-state index in [4.69, 9.17) is 33.7 Å². The van der Waals surface area contributed by atoms with Crippen molar-refractivity contribution in [2.75, 3.05) is 5.73 Å². The number of aromatic nitrogens is 1. The standard InChI is InChI=1S/C24H18Cl2N2O2/c25-21-6-3-7-22(26)20(21)14-30-23-12-16(13-28-24(23)27)19-5-2-1-4-18(19)15-8-10-17(29)11-9-15/h1-13,29H,14H2,(H2,27,28). The summed E-state index contributed by atoms with van der Waals surface area (Å²) in [6.45, 7) is 0.174. The number of benzene rings is 3. The van der Waals surface area contributed by atoms with E-state index in [0.29, 0.717) is 21.4 Å². The Labute approximate surface area is 184 Å². The van der Waals surface area contributed by atoms with E-state index in [1.807, 2.05) is 42.5 Å². The normalized spacial score (nSPS) is 10.7. The maximum atomic E-state index is 9.59. The fraction of sp³-hybridized carbons (Fsp3) is 0.0417. The monoisotopic (exact) mass is 436 g/mol. The van der Waals surface area contributed by atoms with E-state index in [1.165, 1.54) is 0 Å². The molecule has 0 aliphatic carbocycles. The molecule has 1 aromatic heterocycles. The van der Waals surface area contributed by atoms with Crippen molar-refractivity contribution in [1.82, 2.24) is 4.98 Å². The lowest BCUT2D eigenvalue weighted by atomic mass is 9.95. The summed E-state index contributed by atoms with van der Waals surface area (Å²) in [5.74, 6) is 0.951. The van der Waals surface area contributed by atoms with E-state index in [9.17, 15) is 5.11 Å². The molecule has 3 N–H and O–H groups in total. The molecule has 0 saturated heterocycles. The van der Waals surface area contributed by atoms with Crippen LogP contribution in [0, 0.1) is 0 Å². The summed E-state index contributed by atoms with van der Waals surface area (Å²) in [7, 11) is 0. The molecule has 0 aliphatic rings. The van der Waals surface area contributed by atoms with Crippen LogP contribution in [0.5, 0.6) is 11.5 Å². The summed E-state index contributed by atoms with van der Waals surface area (Å²) in [5, 5.41) is 10.7. The van der Waals surface area contributed by atoms with E-state index >= 15 is 0 Å². The Kier molecular flexibility index (Phi) is 5.79. The van der Waals surface area contributed by atoms with Crippen LogP contribution in [0.4, 0.5) is 5.82 Å². The van der Waals surface area contributed by atoms with Gasteiger partial charge in [0.1, 0.15) is 12.4 Å². The fourth-order valence-corrected chi connectivity index (χ4v) is 3.67. The molecular formula is C24H18Cl2N2O2. The molecule has 30 heavy (non-hydrogen) atoms. The number of nitrogens with two attached hydrogens (primary N) is 1. The molecule has 0 spiro atoms. The first-order valence-corrected chi connectivity index (χ1v) is 9.98. The Morgan fingerprint density at radius 1 is 0.833 bits per heavy atom. The van der Waals surface area contributed by atoms with Crippen molar-refractivity contribution >= 4 is 29.0 Å². The molecule has 0 aliphatic heterocycles. The first-order valence-electron chi connectivity index (χ1n) is 9.23. The number of nitrogens with zero attached hydrogens (tertiary/aromatic N) is 1. The molecule has 4 aromatic rings. The van der Waals surface area contributed by atoms with Crippen LogP contribution in [-0.2, 0) is 6.61 Å². The number of ether oxygens (including phenoxy) is 1. The van der Waals surface area contributed by atoms with Crippen molar-refractivity contribution in [3.05, 3.63) is 94.6 Å². The number of halogens is 2. The highest BCUT2D eigenvalue weighted by molar-refractivity contribution is 6.35. The van der Waals surface area contributed by atoms with Crippen LogP contribution in [0.25, 0.3) is 22.3 Å². The lowest BCUT2D eigenvalue weighted by Gasteiger charge is -2.14. The fourth-order valence-electron chi connectivity index (χ4n) is 3.17. The molecule has 6 heteroatoms. The zero-order valence-electron chi connectivity index (χ0n) is 15.8. The van der Waals surface area contributed by atoms with Crippen LogP contribution in [-0.4, -0.2) is 10.1 Å². The average molecular weight is 437 g/mol. The molecular weight excluding hydrogens is 419 g/mol. The minimum Gasteiger partial charge on any atom is -0.508 e. The van der Waals surface area contributed by atoms with Crippen LogP contribution in [0.15, 0.2) is 79.0 Å². The van der Waals surface area contributed by atoms with Gasteiger partial charge in [0.15, 0.2) is 11.6 Å². The highest BCUT2D eigenvalue weighted by Gasteiger charge is 2.12. The van der Waals surface area contributed by atoms with Gasteiger partial charge in [-0.1, -0.05) is 65.7 Å². The largest absolute Gasteiger partial charge is 0.508 e. The van der Waals surface area contributed by atoms with Gasteiger partial charge >= 0.3 is 0 Å². The van der Waals surface area contributed by atoms with Crippen LogP contribution >= 0.6 is 23.2 Å². The maximum absolute atomic E-state index is 9.59. The van der Waals surface area contributed by atoms with E-state index in [1.54, 1.807) is 36.5 Å². The quantitative estimate of drug-likeness (QED) is 0.370. The molecule has 4 nitrogen and oxygen atoms in total. The van der Waals surface area contributed by atoms with E-state index in [2.05, 4.69) is 4.98 Å². The van der Waals surface area contributed by atoms with Crippen LogP contribution in [0.1, 0.15) is 5.56 Å². The molecule has 0 radical (unpaired) electrons. The summed E-state index contributed by atoms with van der Waals surface area (Å²) >= 11 is 12.5. The topological polar surface area (TPSA) is 68.4 Å². The third-order valence-corrected chi connectivity index (χ3v) is 5.44. The van der Waals surface area contributed by atoms with Crippen molar-refractivity contribution < 1.29 is 9.84 Å². The Morgan fingerprint density at radius 3 is 2.13 bits per heavy atom.